The van der Waals surface area contributed by atoms with Crippen LogP contribution in [0.5, 0.6) is 0 Å². The second-order valence-corrected chi connectivity index (χ2v) is 3.08. The summed E-state index contributed by atoms with van der Waals surface area (Å²) in [5.41, 5.74) is 0. The Morgan fingerprint density at radius 1 is 1.55 bits per heavy atom. The van der Waals surface area contributed by atoms with E-state index in [9.17, 15) is 4.79 Å². The van der Waals surface area contributed by atoms with Gasteiger partial charge in [0.1, 0.15) is 0 Å². The van der Waals surface area contributed by atoms with Crippen LogP contribution in [-0.4, -0.2) is 23.7 Å². The van der Waals surface area contributed by atoms with E-state index in [1.54, 1.807) is 0 Å². The van der Waals surface area contributed by atoms with E-state index in [2.05, 4.69) is 5.32 Å². The molecule has 0 aromatic heterocycles. The van der Waals surface area contributed by atoms with Crippen molar-refractivity contribution in [1.82, 2.24) is 5.32 Å². The topological polar surface area (TPSA) is 49.3 Å². The third-order valence-electron chi connectivity index (χ3n) is 2.12. The maximum atomic E-state index is 10.2. The molecule has 0 aromatic carbocycles. The first kappa shape index (κ1) is 8.53. The maximum absolute atomic E-state index is 10.2. The molecule has 1 fully saturated rings. The van der Waals surface area contributed by atoms with Crippen molar-refractivity contribution < 1.29 is 9.90 Å². The van der Waals surface area contributed by atoms with Gasteiger partial charge in [-0.1, -0.05) is 6.42 Å². The van der Waals surface area contributed by atoms with Crippen molar-refractivity contribution in [3.8, 4) is 0 Å². The smallest absolute Gasteiger partial charge is 0.303 e. The minimum Gasteiger partial charge on any atom is -0.481 e. The Morgan fingerprint density at radius 2 is 2.36 bits per heavy atom. The molecule has 3 heteroatoms. The first-order chi connectivity index (χ1) is 5.29. The van der Waals surface area contributed by atoms with Crippen molar-refractivity contribution >= 4 is 5.97 Å². The summed E-state index contributed by atoms with van der Waals surface area (Å²) in [7, 11) is 0. The van der Waals surface area contributed by atoms with Crippen LogP contribution >= 0.6 is 0 Å². The van der Waals surface area contributed by atoms with Gasteiger partial charge < -0.3 is 10.4 Å². The summed E-state index contributed by atoms with van der Waals surface area (Å²) in [6.45, 7) is 1.06. The molecule has 1 aliphatic heterocycles. The highest BCUT2D eigenvalue weighted by molar-refractivity contribution is 5.66. The zero-order valence-electron chi connectivity index (χ0n) is 6.68. The Labute approximate surface area is 66.8 Å². The van der Waals surface area contributed by atoms with Crippen LogP contribution in [0, 0.1) is 0 Å². The molecular weight excluding hydrogens is 142 g/mol. The highest BCUT2D eigenvalue weighted by atomic mass is 16.4. The summed E-state index contributed by atoms with van der Waals surface area (Å²) in [5.74, 6) is -0.683. The molecule has 3 nitrogen and oxygen atoms in total. The lowest BCUT2D eigenvalue weighted by Gasteiger charge is -2.22. The molecule has 1 atom stereocenters. The molecule has 1 aliphatic rings. The molecule has 11 heavy (non-hydrogen) atoms. The first-order valence-corrected chi connectivity index (χ1v) is 4.24. The molecule has 0 amide bonds. The molecule has 0 aromatic rings. The summed E-state index contributed by atoms with van der Waals surface area (Å²) in [4.78, 5) is 10.2. The van der Waals surface area contributed by atoms with E-state index in [1.807, 2.05) is 0 Å². The zero-order valence-corrected chi connectivity index (χ0v) is 6.68. The number of aliphatic carboxylic acids is 1. The van der Waals surface area contributed by atoms with Crippen LogP contribution in [0.1, 0.15) is 32.1 Å². The van der Waals surface area contributed by atoms with Crippen LogP contribution in [0.15, 0.2) is 0 Å². The highest BCUT2D eigenvalue weighted by Gasteiger charge is 2.12. The molecule has 64 valence electrons. The van der Waals surface area contributed by atoms with E-state index in [4.69, 9.17) is 5.11 Å². The van der Waals surface area contributed by atoms with E-state index in [0.717, 1.165) is 19.4 Å². The second kappa shape index (κ2) is 4.34. The van der Waals surface area contributed by atoms with E-state index in [-0.39, 0.29) is 0 Å². The number of hydrogen-bond donors (Lipinski definition) is 2. The average molecular weight is 157 g/mol. The van der Waals surface area contributed by atoms with Gasteiger partial charge in [0, 0.05) is 12.5 Å². The number of carbonyl (C=O) groups is 1. The normalized spacial score (nSPS) is 24.9. The van der Waals surface area contributed by atoms with Gasteiger partial charge in [-0.2, -0.15) is 0 Å². The molecule has 1 unspecified atom stereocenters. The van der Waals surface area contributed by atoms with Crippen molar-refractivity contribution in [2.75, 3.05) is 6.54 Å². The Hall–Kier alpha value is -0.570. The van der Waals surface area contributed by atoms with Crippen LogP contribution in [-0.2, 0) is 4.79 Å². The Balaban J connectivity index is 2.09. The summed E-state index contributed by atoms with van der Waals surface area (Å²) in [6.07, 6.45) is 4.72. The minimum absolute atomic E-state index is 0.303. The van der Waals surface area contributed by atoms with E-state index in [1.165, 1.54) is 12.8 Å². The fraction of sp³-hybridized carbons (Fsp3) is 0.875. The molecule has 0 bridgehead atoms. The van der Waals surface area contributed by atoms with Crippen molar-refractivity contribution in [3.63, 3.8) is 0 Å². The van der Waals surface area contributed by atoms with Gasteiger partial charge in [-0.25, -0.2) is 0 Å². The Kier molecular flexibility index (Phi) is 3.36. The monoisotopic (exact) mass is 157 g/mol. The number of piperidine rings is 1. The third-order valence-corrected chi connectivity index (χ3v) is 2.12. The number of rotatable bonds is 3. The largest absolute Gasteiger partial charge is 0.481 e. The standard InChI is InChI=1S/C8H15NO2/c10-8(11)5-4-7-3-1-2-6-9-7/h7,9H,1-6H2,(H,10,11). The fourth-order valence-corrected chi connectivity index (χ4v) is 1.47. The zero-order chi connectivity index (χ0) is 8.10. The summed E-state index contributed by atoms with van der Waals surface area (Å²) >= 11 is 0. The second-order valence-electron chi connectivity index (χ2n) is 3.08. The molecular formula is C8H15NO2. The quantitative estimate of drug-likeness (QED) is 0.642. The SMILES string of the molecule is O=C(O)CCC1CCCCN1. The van der Waals surface area contributed by atoms with Gasteiger partial charge >= 0.3 is 5.97 Å². The van der Waals surface area contributed by atoms with Gasteiger partial charge in [-0.15, -0.1) is 0 Å². The van der Waals surface area contributed by atoms with Crippen molar-refractivity contribution in [1.29, 1.82) is 0 Å². The molecule has 0 spiro atoms. The average Bonchev–Trinajstić information content (AvgIpc) is 2.03. The van der Waals surface area contributed by atoms with Crippen LogP contribution < -0.4 is 5.32 Å². The van der Waals surface area contributed by atoms with Gasteiger partial charge in [-0.3, -0.25) is 4.79 Å². The molecule has 2 N–H and O–H groups in total. The van der Waals surface area contributed by atoms with Crippen LogP contribution in [0.3, 0.4) is 0 Å². The molecule has 1 heterocycles. The van der Waals surface area contributed by atoms with Crippen molar-refractivity contribution in [2.45, 2.75) is 38.1 Å². The van der Waals surface area contributed by atoms with E-state index < -0.39 is 5.97 Å². The Morgan fingerprint density at radius 3 is 2.91 bits per heavy atom. The van der Waals surface area contributed by atoms with E-state index >= 15 is 0 Å². The molecule has 0 radical (unpaired) electrons. The molecule has 1 rings (SSSR count). The lowest BCUT2D eigenvalue weighted by molar-refractivity contribution is -0.137. The number of hydrogen-bond acceptors (Lipinski definition) is 2. The van der Waals surface area contributed by atoms with E-state index in [0.29, 0.717) is 12.5 Å². The number of carboxylic acids is 1. The predicted octanol–water partition coefficient (Wildman–Crippen LogP) is 0.993. The van der Waals surface area contributed by atoms with Crippen LogP contribution in [0.25, 0.3) is 0 Å². The fourth-order valence-electron chi connectivity index (χ4n) is 1.47. The highest BCUT2D eigenvalue weighted by Crippen LogP contribution is 2.11. The Bertz CT molecular complexity index is 130. The first-order valence-electron chi connectivity index (χ1n) is 4.24. The van der Waals surface area contributed by atoms with Crippen molar-refractivity contribution in [3.05, 3.63) is 0 Å². The number of carboxylic acid groups (broad SMARTS) is 1. The number of nitrogens with one attached hydrogen (secondary N) is 1. The molecule has 1 saturated heterocycles. The van der Waals surface area contributed by atoms with Gasteiger partial charge in [0.25, 0.3) is 0 Å². The van der Waals surface area contributed by atoms with Crippen LogP contribution in [0.2, 0.25) is 0 Å². The lowest BCUT2D eigenvalue weighted by atomic mass is 10.0. The summed E-state index contributed by atoms with van der Waals surface area (Å²) in [5, 5.41) is 11.7. The third kappa shape index (κ3) is 3.37. The summed E-state index contributed by atoms with van der Waals surface area (Å²) < 4.78 is 0. The van der Waals surface area contributed by atoms with Gasteiger partial charge in [0.05, 0.1) is 0 Å². The van der Waals surface area contributed by atoms with Gasteiger partial charge in [-0.05, 0) is 25.8 Å². The minimum atomic E-state index is -0.683. The maximum Gasteiger partial charge on any atom is 0.303 e. The van der Waals surface area contributed by atoms with Crippen LogP contribution in [0.4, 0.5) is 0 Å². The van der Waals surface area contributed by atoms with Gasteiger partial charge in [0.2, 0.25) is 0 Å². The summed E-state index contributed by atoms with van der Waals surface area (Å²) in [6, 6.07) is 0.458. The lowest BCUT2D eigenvalue weighted by Crippen LogP contribution is -2.34. The molecule has 0 saturated carbocycles. The predicted molar refractivity (Wildman–Crippen MR) is 42.5 cm³/mol. The van der Waals surface area contributed by atoms with Gasteiger partial charge in [0.15, 0.2) is 0 Å². The van der Waals surface area contributed by atoms with Crippen molar-refractivity contribution in [2.24, 2.45) is 0 Å². The molecule has 0 aliphatic carbocycles.